The highest BCUT2D eigenvalue weighted by molar-refractivity contribution is 5.22. The summed E-state index contributed by atoms with van der Waals surface area (Å²) in [4.78, 5) is 0. The van der Waals surface area contributed by atoms with E-state index in [2.05, 4.69) is 58.5 Å². The Hall–Kier alpha value is -1.24. The first-order valence-electron chi connectivity index (χ1n) is 13.4. The van der Waals surface area contributed by atoms with Crippen molar-refractivity contribution in [3.05, 3.63) is 47.7 Å². The van der Waals surface area contributed by atoms with Gasteiger partial charge in [0.05, 0.1) is 0 Å². The molecule has 0 aliphatic heterocycles. The van der Waals surface area contributed by atoms with Gasteiger partial charge in [0, 0.05) is 5.70 Å². The predicted octanol–water partition coefficient (Wildman–Crippen LogP) is 9.34. The standard InChI is InChI=1S/C23H35N.C3H8.2C2H6/c1-4-18-9-10-23-21(12-18)14-20(11-17(3)24)15-22(23)13-19-7-5-16(2)6-8-19;1-3-2;2*1-2/h5-8,18,20-23H,3-4,9-15,24H2,1-2H3;3H2,1-2H3;2*1-2H3/t18-,20-,21-,22?,23?;;;/m0.../s1. The van der Waals surface area contributed by atoms with Crippen LogP contribution in [0.2, 0.25) is 0 Å². The van der Waals surface area contributed by atoms with Gasteiger partial charge in [-0.25, -0.2) is 0 Å². The van der Waals surface area contributed by atoms with Crippen molar-refractivity contribution in [2.75, 3.05) is 0 Å². The minimum atomic E-state index is 0.759. The fraction of sp³-hybridized carbons (Fsp3) is 0.733. The molecular formula is C30H55N. The van der Waals surface area contributed by atoms with E-state index in [0.717, 1.165) is 41.7 Å². The molecule has 31 heavy (non-hydrogen) atoms. The summed E-state index contributed by atoms with van der Waals surface area (Å²) in [6, 6.07) is 9.21. The number of allylic oxidation sites excluding steroid dienone is 1. The maximum absolute atomic E-state index is 5.96. The van der Waals surface area contributed by atoms with E-state index in [1.54, 1.807) is 0 Å². The van der Waals surface area contributed by atoms with Crippen LogP contribution in [-0.4, -0.2) is 0 Å². The third-order valence-electron chi connectivity index (χ3n) is 6.77. The van der Waals surface area contributed by atoms with Crippen LogP contribution in [0.3, 0.4) is 0 Å². The van der Waals surface area contributed by atoms with E-state index in [0.29, 0.717) is 0 Å². The van der Waals surface area contributed by atoms with Crippen LogP contribution >= 0.6 is 0 Å². The summed E-state index contributed by atoms with van der Waals surface area (Å²) >= 11 is 0. The Kier molecular flexibility index (Phi) is 16.6. The van der Waals surface area contributed by atoms with Crippen molar-refractivity contribution in [3.8, 4) is 0 Å². The number of rotatable bonds is 5. The molecule has 2 saturated carbocycles. The summed E-state index contributed by atoms with van der Waals surface area (Å²) in [7, 11) is 0. The zero-order valence-electron chi connectivity index (χ0n) is 22.3. The van der Waals surface area contributed by atoms with Crippen LogP contribution < -0.4 is 5.73 Å². The topological polar surface area (TPSA) is 26.0 Å². The predicted molar refractivity (Wildman–Crippen MR) is 142 cm³/mol. The fourth-order valence-electron chi connectivity index (χ4n) is 5.57. The molecule has 1 nitrogen and oxygen atoms in total. The molecule has 1 aromatic rings. The maximum atomic E-state index is 5.96. The van der Waals surface area contributed by atoms with Crippen molar-refractivity contribution in [1.29, 1.82) is 0 Å². The summed E-state index contributed by atoms with van der Waals surface area (Å²) in [5, 5.41) is 0. The van der Waals surface area contributed by atoms with Gasteiger partial charge in [-0.1, -0.05) is 104 Å². The quantitative estimate of drug-likeness (QED) is 0.495. The van der Waals surface area contributed by atoms with Gasteiger partial charge >= 0.3 is 0 Å². The third-order valence-corrected chi connectivity index (χ3v) is 6.77. The highest BCUT2D eigenvalue weighted by atomic mass is 14.6. The zero-order chi connectivity index (χ0) is 23.8. The van der Waals surface area contributed by atoms with Crippen LogP contribution in [-0.2, 0) is 6.42 Å². The summed E-state index contributed by atoms with van der Waals surface area (Å²) < 4.78 is 0. The molecule has 2 aliphatic carbocycles. The Bertz CT molecular complexity index is 558. The first kappa shape index (κ1) is 29.8. The lowest BCUT2D eigenvalue weighted by Gasteiger charge is -2.47. The molecule has 1 heteroatoms. The van der Waals surface area contributed by atoms with Gasteiger partial charge in [0.2, 0.25) is 0 Å². The number of hydrogen-bond donors (Lipinski definition) is 1. The fourth-order valence-corrected chi connectivity index (χ4v) is 5.57. The second-order valence-electron chi connectivity index (χ2n) is 9.37. The van der Waals surface area contributed by atoms with Crippen molar-refractivity contribution in [2.24, 2.45) is 35.3 Å². The number of benzene rings is 1. The molecule has 0 bridgehead atoms. The van der Waals surface area contributed by atoms with Gasteiger partial charge in [-0.05, 0) is 80.6 Å². The van der Waals surface area contributed by atoms with Crippen LogP contribution in [0.1, 0.15) is 111 Å². The summed E-state index contributed by atoms with van der Waals surface area (Å²) in [5.41, 5.74) is 9.73. The van der Waals surface area contributed by atoms with Crippen LogP contribution in [0.4, 0.5) is 0 Å². The van der Waals surface area contributed by atoms with Gasteiger partial charge in [-0.2, -0.15) is 0 Å². The van der Waals surface area contributed by atoms with E-state index in [-0.39, 0.29) is 0 Å². The molecule has 0 heterocycles. The SMILES string of the molecule is C=C(N)C[C@@H]1CC(Cc2ccc(C)cc2)C2CC[C@H](CC)C[C@H]2C1.CC.CC.CCC. The van der Waals surface area contributed by atoms with Gasteiger partial charge in [-0.15, -0.1) is 0 Å². The minimum absolute atomic E-state index is 0.759. The molecule has 0 aromatic heterocycles. The van der Waals surface area contributed by atoms with E-state index < -0.39 is 0 Å². The van der Waals surface area contributed by atoms with E-state index in [9.17, 15) is 0 Å². The average molecular weight is 430 g/mol. The first-order valence-corrected chi connectivity index (χ1v) is 13.4. The first-order chi connectivity index (χ1) is 15.0. The molecular weight excluding hydrogens is 374 g/mol. The van der Waals surface area contributed by atoms with Crippen molar-refractivity contribution >= 4 is 0 Å². The van der Waals surface area contributed by atoms with Crippen molar-refractivity contribution in [1.82, 2.24) is 0 Å². The van der Waals surface area contributed by atoms with E-state index in [1.165, 1.54) is 62.5 Å². The second kappa shape index (κ2) is 17.3. The smallest absolute Gasteiger partial charge is 0.00102 e. The number of nitrogens with two attached hydrogens (primary N) is 1. The van der Waals surface area contributed by atoms with Crippen molar-refractivity contribution in [3.63, 3.8) is 0 Å². The van der Waals surface area contributed by atoms with Gasteiger partial charge < -0.3 is 5.73 Å². The molecule has 0 saturated heterocycles. The lowest BCUT2D eigenvalue weighted by molar-refractivity contribution is 0.0435. The molecule has 0 amide bonds. The molecule has 5 atom stereocenters. The highest BCUT2D eigenvalue weighted by Crippen LogP contribution is 2.50. The molecule has 3 rings (SSSR count). The molecule has 1 aromatic carbocycles. The van der Waals surface area contributed by atoms with Gasteiger partial charge in [-0.3, -0.25) is 0 Å². The van der Waals surface area contributed by atoms with Crippen LogP contribution in [0, 0.1) is 36.5 Å². The van der Waals surface area contributed by atoms with Gasteiger partial charge in [0.1, 0.15) is 0 Å². The van der Waals surface area contributed by atoms with E-state index >= 15 is 0 Å². The Labute approximate surface area is 196 Å². The second-order valence-corrected chi connectivity index (χ2v) is 9.37. The van der Waals surface area contributed by atoms with Crippen molar-refractivity contribution < 1.29 is 0 Å². The Morgan fingerprint density at radius 3 is 1.97 bits per heavy atom. The summed E-state index contributed by atoms with van der Waals surface area (Å²) in [6.45, 7) is 20.8. The number of hydrogen-bond acceptors (Lipinski definition) is 1. The number of aryl methyl sites for hydroxylation is 1. The van der Waals surface area contributed by atoms with Crippen molar-refractivity contribution in [2.45, 2.75) is 113 Å². The number of fused-ring (bicyclic) bond motifs is 1. The normalized spacial score (nSPS) is 26.5. The average Bonchev–Trinajstić information content (AvgIpc) is 2.78. The third kappa shape index (κ3) is 10.8. The Morgan fingerprint density at radius 1 is 0.903 bits per heavy atom. The molecule has 2 fully saturated rings. The Morgan fingerprint density at radius 2 is 1.45 bits per heavy atom. The van der Waals surface area contributed by atoms with Gasteiger partial charge in [0.25, 0.3) is 0 Å². The lowest BCUT2D eigenvalue weighted by Crippen LogP contribution is -2.38. The molecule has 2 aliphatic rings. The largest absolute Gasteiger partial charge is 0.403 e. The van der Waals surface area contributed by atoms with E-state index in [1.807, 2.05) is 27.7 Å². The van der Waals surface area contributed by atoms with Crippen LogP contribution in [0.5, 0.6) is 0 Å². The molecule has 0 radical (unpaired) electrons. The molecule has 0 spiro atoms. The lowest BCUT2D eigenvalue weighted by atomic mass is 9.58. The van der Waals surface area contributed by atoms with Crippen LogP contribution in [0.25, 0.3) is 0 Å². The minimum Gasteiger partial charge on any atom is -0.403 e. The maximum Gasteiger partial charge on any atom is 0.00102 e. The summed E-state index contributed by atoms with van der Waals surface area (Å²) in [5.74, 6) is 4.43. The van der Waals surface area contributed by atoms with Gasteiger partial charge in [0.15, 0.2) is 0 Å². The Balaban J connectivity index is 0.00000116. The molecule has 2 N–H and O–H groups in total. The molecule has 180 valence electrons. The zero-order valence-corrected chi connectivity index (χ0v) is 22.3. The van der Waals surface area contributed by atoms with E-state index in [4.69, 9.17) is 5.73 Å². The van der Waals surface area contributed by atoms with Crippen LogP contribution in [0.15, 0.2) is 36.5 Å². The highest BCUT2D eigenvalue weighted by Gasteiger charge is 2.40. The summed E-state index contributed by atoms with van der Waals surface area (Å²) in [6.07, 6.45) is 12.0. The molecule has 2 unspecified atom stereocenters. The monoisotopic (exact) mass is 429 g/mol.